The number of halogens is 3. The van der Waals surface area contributed by atoms with Crippen molar-refractivity contribution in [2.45, 2.75) is 45.0 Å². The number of nitrogens with two attached hydrogens (primary N) is 1. The zero-order chi connectivity index (χ0) is 10.5. The Labute approximate surface area is 76.2 Å². The van der Waals surface area contributed by atoms with Crippen molar-refractivity contribution in [1.82, 2.24) is 0 Å². The van der Waals surface area contributed by atoms with Crippen molar-refractivity contribution in [2.75, 3.05) is 6.61 Å². The van der Waals surface area contributed by atoms with Gasteiger partial charge in [0.05, 0.1) is 6.10 Å². The van der Waals surface area contributed by atoms with Crippen LogP contribution < -0.4 is 5.73 Å². The number of alkyl halides is 3. The molecule has 0 spiro atoms. The van der Waals surface area contributed by atoms with Crippen molar-refractivity contribution < 1.29 is 17.9 Å². The lowest BCUT2D eigenvalue weighted by atomic mass is 10.2. The molecule has 0 saturated heterocycles. The van der Waals surface area contributed by atoms with Gasteiger partial charge in [0, 0.05) is 19.1 Å². The minimum Gasteiger partial charge on any atom is -0.377 e. The predicted octanol–water partition coefficient (Wildman–Crippen LogP) is 2.08. The molecule has 80 valence electrons. The topological polar surface area (TPSA) is 35.2 Å². The smallest absolute Gasteiger partial charge is 0.377 e. The summed E-state index contributed by atoms with van der Waals surface area (Å²) in [5.74, 6) is 0. The van der Waals surface area contributed by atoms with E-state index in [1.54, 1.807) is 13.8 Å². The Hall–Kier alpha value is -0.290. The highest BCUT2D eigenvalue weighted by Gasteiger charge is 2.26. The molecule has 0 aromatic rings. The first-order valence-electron chi connectivity index (χ1n) is 4.27. The summed E-state index contributed by atoms with van der Waals surface area (Å²) in [5, 5.41) is 0. The predicted molar refractivity (Wildman–Crippen MR) is 44.4 cm³/mol. The molecule has 0 aromatic heterocycles. The highest BCUT2D eigenvalue weighted by molar-refractivity contribution is 4.62. The Bertz CT molecular complexity index is 136. The van der Waals surface area contributed by atoms with Crippen molar-refractivity contribution >= 4 is 0 Å². The lowest BCUT2D eigenvalue weighted by Gasteiger charge is -2.16. The maximum atomic E-state index is 11.7. The molecular weight excluding hydrogens is 183 g/mol. The van der Waals surface area contributed by atoms with Crippen molar-refractivity contribution in [2.24, 2.45) is 5.73 Å². The molecule has 0 radical (unpaired) electrons. The Kier molecular flexibility index (Phi) is 5.32. The van der Waals surface area contributed by atoms with Gasteiger partial charge in [-0.15, -0.1) is 0 Å². The van der Waals surface area contributed by atoms with Gasteiger partial charge in [-0.25, -0.2) is 0 Å². The van der Waals surface area contributed by atoms with Crippen LogP contribution in [0.15, 0.2) is 0 Å². The van der Waals surface area contributed by atoms with Crippen LogP contribution in [0.4, 0.5) is 13.2 Å². The minimum atomic E-state index is -4.08. The zero-order valence-electron chi connectivity index (χ0n) is 7.90. The van der Waals surface area contributed by atoms with Crippen LogP contribution in [0.25, 0.3) is 0 Å². The Morgan fingerprint density at radius 1 is 1.31 bits per heavy atom. The summed E-state index contributed by atoms with van der Waals surface area (Å²) in [7, 11) is 0. The normalized spacial score (nSPS) is 17.1. The van der Waals surface area contributed by atoms with Crippen LogP contribution in [0.1, 0.15) is 26.7 Å². The number of hydrogen-bond donors (Lipinski definition) is 1. The molecule has 0 aliphatic heterocycles. The van der Waals surface area contributed by atoms with Gasteiger partial charge in [0.25, 0.3) is 0 Å². The monoisotopic (exact) mass is 199 g/mol. The van der Waals surface area contributed by atoms with Crippen molar-refractivity contribution in [3.63, 3.8) is 0 Å². The average molecular weight is 199 g/mol. The maximum absolute atomic E-state index is 11.7. The van der Waals surface area contributed by atoms with E-state index in [-0.39, 0.29) is 25.2 Å². The molecule has 2 N–H and O–H groups in total. The fraction of sp³-hybridized carbons (Fsp3) is 1.00. The number of hydrogen-bond acceptors (Lipinski definition) is 2. The van der Waals surface area contributed by atoms with Crippen LogP contribution in [-0.4, -0.2) is 24.9 Å². The van der Waals surface area contributed by atoms with E-state index in [1.807, 2.05) is 0 Å². The van der Waals surface area contributed by atoms with E-state index in [1.165, 1.54) is 0 Å². The molecule has 0 heterocycles. The summed E-state index contributed by atoms with van der Waals surface area (Å²) < 4.78 is 40.0. The summed E-state index contributed by atoms with van der Waals surface area (Å²) >= 11 is 0. The molecule has 0 amide bonds. The molecule has 0 rings (SSSR count). The standard InChI is InChI=1S/C8H16F3NO/c1-6(12)7(2)13-5-3-4-8(9,10)11/h6-7H,3-5,12H2,1-2H3/t6-,7?/m1/s1. The molecule has 5 heteroatoms. The van der Waals surface area contributed by atoms with Crippen molar-refractivity contribution in [1.29, 1.82) is 0 Å². The average Bonchev–Trinajstić information content (AvgIpc) is 1.95. The van der Waals surface area contributed by atoms with Crippen LogP contribution in [0.3, 0.4) is 0 Å². The zero-order valence-corrected chi connectivity index (χ0v) is 7.90. The second kappa shape index (κ2) is 5.44. The molecule has 0 aliphatic carbocycles. The lowest BCUT2D eigenvalue weighted by Crippen LogP contribution is -2.31. The fourth-order valence-electron chi connectivity index (χ4n) is 0.694. The van der Waals surface area contributed by atoms with E-state index in [9.17, 15) is 13.2 Å². The summed E-state index contributed by atoms with van der Waals surface area (Å²) in [6, 6.07) is -0.147. The first kappa shape index (κ1) is 12.7. The Morgan fingerprint density at radius 2 is 1.85 bits per heavy atom. The largest absolute Gasteiger partial charge is 0.389 e. The van der Waals surface area contributed by atoms with Gasteiger partial charge in [-0.1, -0.05) is 0 Å². The van der Waals surface area contributed by atoms with Crippen LogP contribution in [0.5, 0.6) is 0 Å². The van der Waals surface area contributed by atoms with E-state index in [4.69, 9.17) is 10.5 Å². The van der Waals surface area contributed by atoms with Gasteiger partial charge in [0.1, 0.15) is 0 Å². The number of rotatable bonds is 5. The number of ether oxygens (including phenoxy) is 1. The lowest BCUT2D eigenvalue weighted by molar-refractivity contribution is -0.138. The van der Waals surface area contributed by atoms with E-state index >= 15 is 0 Å². The summed E-state index contributed by atoms with van der Waals surface area (Å²) in [4.78, 5) is 0. The maximum Gasteiger partial charge on any atom is 0.389 e. The Balaban J connectivity index is 3.36. The van der Waals surface area contributed by atoms with Crippen LogP contribution in [0.2, 0.25) is 0 Å². The van der Waals surface area contributed by atoms with Gasteiger partial charge in [-0.2, -0.15) is 13.2 Å². The van der Waals surface area contributed by atoms with E-state index in [0.29, 0.717) is 0 Å². The third kappa shape index (κ3) is 8.05. The molecule has 2 atom stereocenters. The summed E-state index contributed by atoms with van der Waals surface area (Å²) in [5.41, 5.74) is 5.46. The minimum absolute atomic E-state index is 0.000556. The molecule has 0 fully saturated rings. The fourth-order valence-corrected chi connectivity index (χ4v) is 0.694. The van der Waals surface area contributed by atoms with Gasteiger partial charge < -0.3 is 10.5 Å². The first-order valence-corrected chi connectivity index (χ1v) is 4.27. The first-order chi connectivity index (χ1) is 5.83. The molecule has 1 unspecified atom stereocenters. The van der Waals surface area contributed by atoms with Gasteiger partial charge in [-0.05, 0) is 20.3 Å². The molecular formula is C8H16F3NO. The van der Waals surface area contributed by atoms with Crippen molar-refractivity contribution in [3.05, 3.63) is 0 Å². The SMILES string of the molecule is CC(OCCCC(F)(F)F)[C@@H](C)N. The second-order valence-corrected chi connectivity index (χ2v) is 3.15. The third-order valence-corrected chi connectivity index (χ3v) is 1.73. The highest BCUT2D eigenvalue weighted by Crippen LogP contribution is 2.21. The molecule has 0 bridgehead atoms. The molecule has 2 nitrogen and oxygen atoms in total. The van der Waals surface area contributed by atoms with Gasteiger partial charge in [0.15, 0.2) is 0 Å². The molecule has 0 aromatic carbocycles. The third-order valence-electron chi connectivity index (χ3n) is 1.73. The van der Waals surface area contributed by atoms with Gasteiger partial charge >= 0.3 is 6.18 Å². The van der Waals surface area contributed by atoms with E-state index < -0.39 is 12.6 Å². The molecule has 13 heavy (non-hydrogen) atoms. The Morgan fingerprint density at radius 3 is 2.23 bits per heavy atom. The molecule has 0 aliphatic rings. The van der Waals surface area contributed by atoms with E-state index in [2.05, 4.69) is 0 Å². The van der Waals surface area contributed by atoms with Gasteiger partial charge in [-0.3, -0.25) is 0 Å². The molecule has 0 saturated carbocycles. The van der Waals surface area contributed by atoms with E-state index in [0.717, 1.165) is 0 Å². The summed E-state index contributed by atoms with van der Waals surface area (Å²) in [6.07, 6.45) is -5.06. The van der Waals surface area contributed by atoms with Gasteiger partial charge in [0.2, 0.25) is 0 Å². The summed E-state index contributed by atoms with van der Waals surface area (Å²) in [6.45, 7) is 3.62. The highest BCUT2D eigenvalue weighted by atomic mass is 19.4. The van der Waals surface area contributed by atoms with Crippen molar-refractivity contribution in [3.8, 4) is 0 Å². The second-order valence-electron chi connectivity index (χ2n) is 3.15. The van der Waals surface area contributed by atoms with Crippen LogP contribution in [-0.2, 0) is 4.74 Å². The van der Waals surface area contributed by atoms with Crippen LogP contribution >= 0.6 is 0 Å². The quantitative estimate of drug-likeness (QED) is 0.688. The van der Waals surface area contributed by atoms with Crippen LogP contribution in [0, 0.1) is 0 Å².